The second kappa shape index (κ2) is 36.6. The van der Waals surface area contributed by atoms with Gasteiger partial charge >= 0.3 is 18.3 Å². The number of ketones is 1. The van der Waals surface area contributed by atoms with Gasteiger partial charge in [0.15, 0.2) is 11.7 Å². The molecule has 1 aliphatic carbocycles. The Kier molecular flexibility index (Phi) is 26.7. The number of imidazole rings is 4. The number of ether oxygens (including phenoxy) is 4. The molecule has 28 heteroatoms. The number of nitrogens with one attached hydrogen (secondary N) is 7. The highest BCUT2D eigenvalue weighted by Crippen LogP contribution is 2.42. The number of aliphatic imine (C=N–C) groups is 1. The van der Waals surface area contributed by atoms with E-state index >= 15 is 0 Å². The van der Waals surface area contributed by atoms with E-state index in [0.717, 1.165) is 51.1 Å². The second-order valence-electron chi connectivity index (χ2n) is 30.7. The van der Waals surface area contributed by atoms with Crippen LogP contribution in [0.2, 0.25) is 0 Å². The van der Waals surface area contributed by atoms with Gasteiger partial charge in [-0.1, -0.05) is 154 Å². The molecule has 0 radical (unpaired) electrons. The lowest BCUT2D eigenvalue weighted by molar-refractivity contribution is -0.136. The fourth-order valence-corrected chi connectivity index (χ4v) is 14.9. The number of rotatable bonds is 30. The summed E-state index contributed by atoms with van der Waals surface area (Å²) in [5, 5.41) is 8.26. The molecule has 8 atom stereocenters. The topological polar surface area (TPSA) is 350 Å². The summed E-state index contributed by atoms with van der Waals surface area (Å²) in [6, 6.07) is 22.8. The van der Waals surface area contributed by atoms with Gasteiger partial charge in [0.25, 0.3) is 0 Å². The molecule has 6 heterocycles. The van der Waals surface area contributed by atoms with E-state index in [4.69, 9.17) is 38.9 Å². The molecule has 28 nitrogen and oxygen atoms in total. The molecule has 11 rings (SSSR count). The second-order valence-corrected chi connectivity index (χ2v) is 30.7. The number of likely N-dealkylation sites (tertiary alicyclic amines) is 2. The first-order valence-corrected chi connectivity index (χ1v) is 39.0. The monoisotopic (exact) mass is 1540 g/mol. The molecule has 8 aromatic rings. The van der Waals surface area contributed by atoms with Crippen molar-refractivity contribution in [3.63, 3.8) is 0 Å². The van der Waals surface area contributed by atoms with Crippen molar-refractivity contribution in [3.05, 3.63) is 155 Å². The van der Waals surface area contributed by atoms with Gasteiger partial charge in [0.05, 0.1) is 75.4 Å². The summed E-state index contributed by atoms with van der Waals surface area (Å²) in [5.41, 5.74) is 10.4. The molecule has 113 heavy (non-hydrogen) atoms. The molecule has 8 unspecified atom stereocenters. The van der Waals surface area contributed by atoms with Crippen LogP contribution in [0.5, 0.6) is 0 Å². The maximum absolute atomic E-state index is 14.7. The Hall–Kier alpha value is -11.7. The minimum atomic E-state index is -0.959. The SMILES string of the molecule is CCCN(Cc1nc(-c2ccc3c(c2)C(=O)c2cc(-c4c[nH]c(C5CCCN5C(=O)C(NC(=O)OCC5CC(c6nc(-c7ccc(/C=C/c8ccc(-c9c[nH]c(C(C)N(CCC)C(=O)C(N=C(C)OC)C(C)C)n9)cc8)cc7)c[nH]6)N(C(=O)C(NC(=O)OC)C(C)C)C5)C(C)C)n4)ccc2-3)c[nH]1)C(=O)C(NC(=O)OC)C(C)C. The smallest absolute Gasteiger partial charge is 0.407 e. The number of carbonyl (C=O) groups is 8. The molecule has 7 N–H and O–H groups in total. The Labute approximate surface area is 659 Å². The third-order valence-corrected chi connectivity index (χ3v) is 21.2. The summed E-state index contributed by atoms with van der Waals surface area (Å²) < 4.78 is 21.0. The maximum Gasteiger partial charge on any atom is 0.407 e. The maximum atomic E-state index is 14.7. The molecular formula is C85H106N16O12. The number of hydrogen-bond acceptors (Lipinski definition) is 17. The molecule has 2 aliphatic heterocycles. The molecule has 4 aromatic carbocycles. The van der Waals surface area contributed by atoms with Crippen molar-refractivity contribution in [2.24, 2.45) is 34.6 Å². The minimum absolute atomic E-state index is 0.0262. The fourth-order valence-electron chi connectivity index (χ4n) is 14.9. The van der Waals surface area contributed by atoms with Crippen LogP contribution in [0, 0.1) is 29.6 Å². The largest absolute Gasteiger partial charge is 0.484 e. The highest BCUT2D eigenvalue weighted by molar-refractivity contribution is 6.22. The van der Waals surface area contributed by atoms with E-state index in [1.807, 2.05) is 184 Å². The normalized spacial score (nSPS) is 16.8. The number of H-pyrrole nitrogens is 4. The van der Waals surface area contributed by atoms with Gasteiger partial charge in [-0.2, -0.15) is 0 Å². The van der Waals surface area contributed by atoms with E-state index in [-0.39, 0.29) is 84.7 Å². The van der Waals surface area contributed by atoms with Gasteiger partial charge in [-0.25, -0.2) is 39.3 Å². The number of aromatic nitrogens is 8. The lowest BCUT2D eigenvalue weighted by Gasteiger charge is -2.31. The zero-order valence-corrected chi connectivity index (χ0v) is 67.2. The number of aromatic amines is 4. The van der Waals surface area contributed by atoms with Crippen LogP contribution in [0.25, 0.3) is 68.3 Å². The molecule has 0 bridgehead atoms. The van der Waals surface area contributed by atoms with Crippen LogP contribution < -0.4 is 16.0 Å². The average Bonchev–Trinajstić information content (AvgIpc) is 1.61. The third kappa shape index (κ3) is 18.9. The zero-order valence-electron chi connectivity index (χ0n) is 67.2. The quantitative estimate of drug-likeness (QED) is 0.00952. The van der Waals surface area contributed by atoms with Crippen LogP contribution in [-0.4, -0.2) is 191 Å². The van der Waals surface area contributed by atoms with Crippen molar-refractivity contribution in [2.45, 2.75) is 164 Å². The van der Waals surface area contributed by atoms with Crippen LogP contribution in [0.1, 0.15) is 184 Å². The summed E-state index contributed by atoms with van der Waals surface area (Å²) in [5.74, 6) is 0.413. The van der Waals surface area contributed by atoms with Crippen LogP contribution in [0.4, 0.5) is 14.4 Å². The van der Waals surface area contributed by atoms with E-state index in [0.29, 0.717) is 108 Å². The standard InChI is InChI=1S/C85H106N16O12/c1-16-34-98(79(103)71(47(3)4)95-83(107)111-14)45-70-86-40-66(91-70)58-30-32-60-61-33-31-59(39-63(61)75(102)62(60)38-58)67-43-88-77(94-67)68-19-18-36-100(68)81(105)73(49(7)8)97-85(109)113-46-55-37-69(101(44-55)82(106)74(50(9)10)96-84(108)112-15)78-89-42-65(93-78)57-28-24-54(25-29-57)21-20-53-22-26-56(27-23-53)64-41-87-76(92-64)51(11)99(35-17-2)80(104)72(48(5)6)90-52(12)110-13/h20-33,38-43,47-51,55,68-69,71-74H,16-19,34-37,44-46H2,1-15H3,(H,86,91)(H,87,92)(H,88,94)(H,89,93)(H,95,107)(H,96,108)(H,97,109)/b21-20+,90-52?. The lowest BCUT2D eigenvalue weighted by atomic mass is 10.0. The van der Waals surface area contributed by atoms with Crippen molar-refractivity contribution in [1.29, 1.82) is 0 Å². The van der Waals surface area contributed by atoms with E-state index in [1.165, 1.54) is 14.2 Å². The molecule has 2 fully saturated rings. The summed E-state index contributed by atoms with van der Waals surface area (Å²) >= 11 is 0. The van der Waals surface area contributed by atoms with E-state index < -0.39 is 54.5 Å². The summed E-state index contributed by atoms with van der Waals surface area (Å²) in [7, 11) is 4.05. The van der Waals surface area contributed by atoms with Crippen LogP contribution in [0.15, 0.2) is 115 Å². The van der Waals surface area contributed by atoms with Crippen molar-refractivity contribution in [3.8, 4) is 56.2 Å². The van der Waals surface area contributed by atoms with Gasteiger partial charge in [0.1, 0.15) is 47.5 Å². The third-order valence-electron chi connectivity index (χ3n) is 21.2. The number of methoxy groups -OCH3 is 3. The molecule has 4 aromatic heterocycles. The van der Waals surface area contributed by atoms with Gasteiger partial charge in [-0.05, 0) is 97.1 Å². The number of carbonyl (C=O) groups excluding carboxylic acids is 8. The Morgan fingerprint density at radius 3 is 1.59 bits per heavy atom. The Morgan fingerprint density at radius 1 is 0.558 bits per heavy atom. The predicted octanol–water partition coefficient (Wildman–Crippen LogP) is 13.5. The first-order chi connectivity index (χ1) is 54.2. The minimum Gasteiger partial charge on any atom is -0.484 e. The Balaban J connectivity index is 0.705. The van der Waals surface area contributed by atoms with Gasteiger partial charge in [0, 0.05) is 97.2 Å². The van der Waals surface area contributed by atoms with E-state index in [9.17, 15) is 38.4 Å². The Morgan fingerprint density at radius 2 is 1.05 bits per heavy atom. The Bertz CT molecular complexity index is 4780. The zero-order chi connectivity index (χ0) is 81.1. The van der Waals surface area contributed by atoms with Crippen LogP contribution >= 0.6 is 0 Å². The molecule has 3 aliphatic rings. The number of amides is 7. The van der Waals surface area contributed by atoms with Crippen molar-refractivity contribution in [1.82, 2.24) is 75.4 Å². The first kappa shape index (κ1) is 82.3. The number of nitrogens with zero attached hydrogens (tertiary/aromatic N) is 9. The number of benzene rings is 4. The van der Waals surface area contributed by atoms with Crippen molar-refractivity contribution >= 4 is 65.7 Å². The molecule has 7 amide bonds. The first-order valence-electron chi connectivity index (χ1n) is 39.0. The van der Waals surface area contributed by atoms with Gasteiger partial charge in [-0.15, -0.1) is 0 Å². The van der Waals surface area contributed by atoms with Crippen molar-refractivity contribution in [2.75, 3.05) is 54.1 Å². The van der Waals surface area contributed by atoms with E-state index in [1.54, 1.807) is 47.3 Å². The fraction of sp³-hybridized carbons (Fsp3) is 0.447. The highest BCUT2D eigenvalue weighted by atomic mass is 16.6. The highest BCUT2D eigenvalue weighted by Gasteiger charge is 2.44. The molecular weight excluding hydrogens is 1440 g/mol. The molecule has 598 valence electrons. The number of hydrogen-bond donors (Lipinski definition) is 7. The molecule has 2 saturated heterocycles. The van der Waals surface area contributed by atoms with E-state index in [2.05, 4.69) is 40.9 Å². The summed E-state index contributed by atoms with van der Waals surface area (Å²) in [6.45, 7) is 24.5. The molecule has 0 saturated carbocycles. The van der Waals surface area contributed by atoms with Gasteiger partial charge in [-0.3, -0.25) is 24.0 Å². The number of fused-ring (bicyclic) bond motifs is 3. The van der Waals surface area contributed by atoms with Crippen LogP contribution in [0.3, 0.4) is 0 Å². The predicted molar refractivity (Wildman–Crippen MR) is 430 cm³/mol. The van der Waals surface area contributed by atoms with Gasteiger partial charge in [0.2, 0.25) is 23.6 Å². The lowest BCUT2D eigenvalue weighted by Crippen LogP contribution is -2.51. The van der Waals surface area contributed by atoms with Gasteiger partial charge < -0.3 is 74.4 Å². The van der Waals surface area contributed by atoms with Crippen LogP contribution in [-0.2, 0) is 44.7 Å². The summed E-state index contributed by atoms with van der Waals surface area (Å²) in [6.07, 6.45) is 12.2. The number of alkyl carbamates (subject to hydrolysis) is 3. The average molecular weight is 1540 g/mol. The molecule has 0 spiro atoms. The summed E-state index contributed by atoms with van der Waals surface area (Å²) in [4.78, 5) is 155. The van der Waals surface area contributed by atoms with Crippen molar-refractivity contribution < 1.29 is 57.3 Å².